The van der Waals surface area contributed by atoms with Gasteiger partial charge in [-0.1, -0.05) is 18.1 Å². The van der Waals surface area contributed by atoms with Crippen LogP contribution in [0, 0.1) is 29.0 Å². The first kappa shape index (κ1) is 27.4. The Bertz CT molecular complexity index is 1710. The molecular weight excluding hydrogens is 521 g/mol. The average Bonchev–Trinajstić information content (AvgIpc) is 3.25. The highest BCUT2D eigenvalue weighted by Gasteiger charge is 2.27. The second-order valence-corrected chi connectivity index (χ2v) is 10.4. The smallest absolute Gasteiger partial charge is 0.322 e. The molecule has 0 saturated carbocycles. The van der Waals surface area contributed by atoms with Crippen molar-refractivity contribution in [3.63, 3.8) is 0 Å². The number of carboxylic acids is 1. The van der Waals surface area contributed by atoms with Crippen LogP contribution < -0.4 is 9.46 Å². The lowest BCUT2D eigenvalue weighted by Crippen LogP contribution is -2.42. The van der Waals surface area contributed by atoms with Crippen molar-refractivity contribution in [3.05, 3.63) is 95.4 Å². The maximum Gasteiger partial charge on any atom is 0.322 e. The maximum absolute atomic E-state index is 13.4. The molecule has 0 spiro atoms. The third-order valence-electron chi connectivity index (χ3n) is 6.00. The molecule has 0 bridgehead atoms. The van der Waals surface area contributed by atoms with E-state index in [1.807, 2.05) is 4.57 Å². The largest absolute Gasteiger partial charge is 0.481 e. The van der Waals surface area contributed by atoms with Crippen LogP contribution in [0.2, 0.25) is 0 Å². The van der Waals surface area contributed by atoms with E-state index in [9.17, 15) is 28.0 Å². The molecule has 3 aromatic carbocycles. The van der Waals surface area contributed by atoms with Crippen LogP contribution in [0.15, 0.2) is 77.8 Å². The molecule has 8 nitrogen and oxygen atoms in total. The van der Waals surface area contributed by atoms with Gasteiger partial charge in [0.2, 0.25) is 10.0 Å². The zero-order valence-corrected chi connectivity index (χ0v) is 21.7. The van der Waals surface area contributed by atoms with Crippen molar-refractivity contribution in [2.24, 2.45) is 0 Å². The Balaban J connectivity index is 1.62. The number of carbonyl (C=O) groups is 1. The van der Waals surface area contributed by atoms with Gasteiger partial charge >= 0.3 is 5.97 Å². The summed E-state index contributed by atoms with van der Waals surface area (Å²) < 4.78 is 49.0. The molecule has 2 N–H and O–H groups in total. The molecule has 0 aliphatic rings. The zero-order valence-electron chi connectivity index (χ0n) is 20.9. The number of ether oxygens (including phenoxy) is 1. The first-order valence-electron chi connectivity index (χ1n) is 11.8. The normalized spacial score (nSPS) is 11.8. The van der Waals surface area contributed by atoms with E-state index in [0.717, 1.165) is 11.1 Å². The van der Waals surface area contributed by atoms with Gasteiger partial charge in [0, 0.05) is 30.1 Å². The van der Waals surface area contributed by atoms with Crippen molar-refractivity contribution in [1.82, 2.24) is 9.29 Å². The summed E-state index contributed by atoms with van der Waals surface area (Å²) in [5.74, 6) is 4.14. The Morgan fingerprint density at radius 3 is 2.49 bits per heavy atom. The third kappa shape index (κ3) is 6.63. The molecule has 0 radical (unpaired) electrons. The van der Waals surface area contributed by atoms with E-state index in [2.05, 4.69) is 22.6 Å². The van der Waals surface area contributed by atoms with E-state index in [1.165, 1.54) is 36.4 Å². The molecule has 0 saturated heterocycles. The second kappa shape index (κ2) is 11.8. The Morgan fingerprint density at radius 2 is 1.85 bits per heavy atom. The van der Waals surface area contributed by atoms with Crippen LogP contribution in [0.3, 0.4) is 0 Å². The Morgan fingerprint density at radius 1 is 1.13 bits per heavy atom. The minimum Gasteiger partial charge on any atom is -0.481 e. The van der Waals surface area contributed by atoms with Gasteiger partial charge in [0.25, 0.3) is 0 Å². The van der Waals surface area contributed by atoms with Crippen LogP contribution in [0.5, 0.6) is 5.75 Å². The summed E-state index contributed by atoms with van der Waals surface area (Å²) in [5.41, 5.74) is 2.46. The fourth-order valence-electron chi connectivity index (χ4n) is 4.08. The topological polar surface area (TPSA) is 121 Å². The molecule has 1 aromatic heterocycles. The Labute approximate surface area is 225 Å². The van der Waals surface area contributed by atoms with Crippen molar-refractivity contribution < 1.29 is 27.4 Å². The van der Waals surface area contributed by atoms with Gasteiger partial charge in [-0.05, 0) is 72.6 Å². The quantitative estimate of drug-likeness (QED) is 0.290. The van der Waals surface area contributed by atoms with Crippen LogP contribution >= 0.6 is 0 Å². The van der Waals surface area contributed by atoms with Crippen molar-refractivity contribution >= 4 is 26.9 Å². The lowest BCUT2D eigenvalue weighted by atomic mass is 10.0. The predicted molar refractivity (Wildman–Crippen MR) is 143 cm³/mol. The number of hydrogen-bond acceptors (Lipinski definition) is 5. The molecule has 1 atom stereocenters. The molecule has 0 aliphatic heterocycles. The highest BCUT2D eigenvalue weighted by molar-refractivity contribution is 7.89. The standard InChI is InChI=1S/C29H24FN3O5S/c1-2-3-14-38-24-9-11-25(12-10-24)39(36,37)32-27(29(34)35)16-22-19-33(18-20-4-7-23(30)8-5-20)28-13-6-21(17-31)15-26(22)28/h4-13,15,19,27,32H,14,16,18H2,1H3,(H,34,35)/t27-/m0/s1. The van der Waals surface area contributed by atoms with Crippen molar-refractivity contribution in [2.45, 2.75) is 30.8 Å². The highest BCUT2D eigenvalue weighted by atomic mass is 32.2. The number of rotatable bonds is 10. The molecule has 0 fully saturated rings. The molecular formula is C29H24FN3O5S. The molecule has 0 unspecified atom stereocenters. The molecule has 0 amide bonds. The fraction of sp³-hybridized carbons (Fsp3) is 0.172. The van der Waals surface area contributed by atoms with Crippen LogP contribution in [-0.4, -0.2) is 36.7 Å². The summed E-state index contributed by atoms with van der Waals surface area (Å²) in [4.78, 5) is 12.0. The summed E-state index contributed by atoms with van der Waals surface area (Å²) in [7, 11) is -4.19. The van der Waals surface area contributed by atoms with Crippen molar-refractivity contribution in [3.8, 4) is 23.7 Å². The van der Waals surface area contributed by atoms with E-state index in [4.69, 9.17) is 4.74 Å². The number of nitriles is 1. The monoisotopic (exact) mass is 545 g/mol. The average molecular weight is 546 g/mol. The maximum atomic E-state index is 13.4. The number of fused-ring (bicyclic) bond motifs is 1. The van der Waals surface area contributed by atoms with Crippen molar-refractivity contribution in [2.75, 3.05) is 6.61 Å². The molecule has 198 valence electrons. The fourth-order valence-corrected chi connectivity index (χ4v) is 5.27. The molecule has 10 heteroatoms. The Kier molecular flexibility index (Phi) is 8.30. The summed E-state index contributed by atoms with van der Waals surface area (Å²) in [6, 6.07) is 17.2. The number of halogens is 1. The van der Waals surface area contributed by atoms with Gasteiger partial charge in [0.05, 0.1) is 16.5 Å². The summed E-state index contributed by atoms with van der Waals surface area (Å²) >= 11 is 0. The van der Waals surface area contributed by atoms with Crippen molar-refractivity contribution in [1.29, 1.82) is 5.26 Å². The van der Waals surface area contributed by atoms with E-state index in [1.54, 1.807) is 43.5 Å². The minimum absolute atomic E-state index is 0.117. The molecule has 4 aromatic rings. The number of aromatic nitrogens is 1. The van der Waals surface area contributed by atoms with Crippen LogP contribution in [0.1, 0.15) is 23.6 Å². The zero-order chi connectivity index (χ0) is 28.0. The summed E-state index contributed by atoms with van der Waals surface area (Å²) in [6.45, 7) is 2.20. The number of nitrogens with zero attached hydrogens (tertiary/aromatic N) is 2. The lowest BCUT2D eigenvalue weighted by molar-refractivity contribution is -0.138. The van der Waals surface area contributed by atoms with Gasteiger partial charge in [-0.15, -0.1) is 5.92 Å². The van der Waals surface area contributed by atoms with Gasteiger partial charge in [0.1, 0.15) is 24.2 Å². The SMILES string of the molecule is CC#CCOc1ccc(S(=O)(=O)N[C@@H](Cc2cn(Cc3ccc(F)cc3)c3ccc(C#N)cc23)C(=O)O)cc1. The molecule has 0 aliphatic carbocycles. The molecule has 1 heterocycles. The number of nitrogens with one attached hydrogen (secondary N) is 1. The van der Waals surface area contributed by atoms with E-state index in [0.29, 0.717) is 28.8 Å². The lowest BCUT2D eigenvalue weighted by Gasteiger charge is -2.15. The number of aliphatic carboxylic acids is 1. The molecule has 4 rings (SSSR count). The van der Waals surface area contributed by atoms with Gasteiger partial charge < -0.3 is 14.4 Å². The summed E-state index contributed by atoms with van der Waals surface area (Å²) in [6.07, 6.45) is 1.55. The summed E-state index contributed by atoms with van der Waals surface area (Å²) in [5, 5.41) is 19.9. The number of hydrogen-bond donors (Lipinski definition) is 2. The van der Waals surface area contributed by atoms with Gasteiger partial charge in [-0.25, -0.2) is 12.8 Å². The first-order valence-corrected chi connectivity index (χ1v) is 13.3. The van der Waals surface area contributed by atoms with E-state index >= 15 is 0 Å². The number of benzene rings is 3. The Hall–Kier alpha value is -4.64. The van der Waals surface area contributed by atoms with Crippen LogP contribution in [0.4, 0.5) is 4.39 Å². The molecule has 39 heavy (non-hydrogen) atoms. The number of carboxylic acid groups (broad SMARTS) is 1. The van der Waals surface area contributed by atoms with Crippen LogP contribution in [-0.2, 0) is 27.8 Å². The van der Waals surface area contributed by atoms with E-state index in [-0.39, 0.29) is 23.7 Å². The third-order valence-corrected chi connectivity index (χ3v) is 7.49. The number of sulfonamides is 1. The minimum atomic E-state index is -4.19. The van der Waals surface area contributed by atoms with Gasteiger partial charge in [0.15, 0.2) is 0 Å². The van der Waals surface area contributed by atoms with Gasteiger partial charge in [-0.3, -0.25) is 4.79 Å². The van der Waals surface area contributed by atoms with Gasteiger partial charge in [-0.2, -0.15) is 9.98 Å². The second-order valence-electron chi connectivity index (χ2n) is 8.66. The predicted octanol–water partition coefficient (Wildman–Crippen LogP) is 4.08. The first-order chi connectivity index (χ1) is 18.7. The van der Waals surface area contributed by atoms with Crippen LogP contribution in [0.25, 0.3) is 10.9 Å². The van der Waals surface area contributed by atoms with E-state index < -0.39 is 22.0 Å². The highest BCUT2D eigenvalue weighted by Crippen LogP contribution is 2.26.